The zero-order chi connectivity index (χ0) is 17.2. The molecular weight excluding hydrogens is 326 g/mol. The molecule has 7 heteroatoms. The van der Waals surface area contributed by atoms with E-state index in [-0.39, 0.29) is 17.0 Å². The van der Waals surface area contributed by atoms with Gasteiger partial charge >= 0.3 is 0 Å². The third-order valence-corrected chi connectivity index (χ3v) is 5.51. The second-order valence-corrected chi connectivity index (χ2v) is 8.00. The van der Waals surface area contributed by atoms with E-state index in [1.807, 2.05) is 44.2 Å². The second kappa shape index (κ2) is 7.04. The molecular formula is C17H23N3O3S. The van der Waals surface area contributed by atoms with E-state index in [4.69, 9.17) is 4.74 Å². The molecule has 3 rings (SSSR count). The average molecular weight is 349 g/mol. The number of hydrogen-bond acceptors (Lipinski definition) is 4. The lowest BCUT2D eigenvalue weighted by Crippen LogP contribution is -2.31. The number of sulfonamides is 1. The maximum atomic E-state index is 12.8. The molecule has 1 atom stereocenters. The van der Waals surface area contributed by atoms with Crippen molar-refractivity contribution in [2.45, 2.75) is 43.7 Å². The van der Waals surface area contributed by atoms with Gasteiger partial charge in [0.15, 0.2) is 0 Å². The summed E-state index contributed by atoms with van der Waals surface area (Å²) in [6.07, 6.45) is 3.43. The van der Waals surface area contributed by atoms with Crippen molar-refractivity contribution >= 4 is 10.0 Å². The zero-order valence-corrected chi connectivity index (χ0v) is 14.8. The van der Waals surface area contributed by atoms with Crippen molar-refractivity contribution < 1.29 is 13.2 Å². The lowest BCUT2D eigenvalue weighted by atomic mass is 10.2. The van der Waals surface area contributed by atoms with Crippen molar-refractivity contribution in [3.05, 3.63) is 36.5 Å². The first kappa shape index (κ1) is 17.1. The minimum atomic E-state index is -3.65. The summed E-state index contributed by atoms with van der Waals surface area (Å²) in [7, 11) is -3.65. The molecule has 1 fully saturated rings. The normalized spacial score (nSPS) is 18.4. The largest absolute Gasteiger partial charge is 0.377 e. The molecule has 0 spiro atoms. The van der Waals surface area contributed by atoms with E-state index >= 15 is 0 Å². The van der Waals surface area contributed by atoms with Crippen molar-refractivity contribution in [3.8, 4) is 11.3 Å². The molecule has 0 bridgehead atoms. The molecule has 1 unspecified atom stereocenters. The Kier molecular flexibility index (Phi) is 5.03. The number of rotatable bonds is 6. The highest BCUT2D eigenvalue weighted by molar-refractivity contribution is 7.89. The number of aromatic nitrogens is 2. The van der Waals surface area contributed by atoms with Gasteiger partial charge < -0.3 is 4.74 Å². The van der Waals surface area contributed by atoms with Gasteiger partial charge in [0.25, 0.3) is 0 Å². The van der Waals surface area contributed by atoms with Gasteiger partial charge in [-0.25, -0.2) is 13.1 Å². The van der Waals surface area contributed by atoms with Gasteiger partial charge in [-0.3, -0.25) is 4.68 Å². The summed E-state index contributed by atoms with van der Waals surface area (Å²) in [6.45, 7) is 4.94. The Morgan fingerprint density at radius 1 is 1.33 bits per heavy atom. The first-order chi connectivity index (χ1) is 11.5. The highest BCUT2D eigenvalue weighted by Crippen LogP contribution is 2.27. The maximum absolute atomic E-state index is 12.8. The van der Waals surface area contributed by atoms with Crippen LogP contribution in [0, 0.1) is 0 Å². The minimum Gasteiger partial charge on any atom is -0.377 e. The predicted octanol–water partition coefficient (Wildman–Crippen LogP) is 2.59. The van der Waals surface area contributed by atoms with Crippen LogP contribution < -0.4 is 4.72 Å². The third-order valence-electron chi connectivity index (χ3n) is 4.09. The van der Waals surface area contributed by atoms with Gasteiger partial charge in [0, 0.05) is 31.0 Å². The van der Waals surface area contributed by atoms with E-state index < -0.39 is 10.0 Å². The van der Waals surface area contributed by atoms with Gasteiger partial charge in [-0.15, -0.1) is 0 Å². The lowest BCUT2D eigenvalue weighted by Gasteiger charge is -2.11. The van der Waals surface area contributed by atoms with Crippen LogP contribution in [0.4, 0.5) is 0 Å². The average Bonchev–Trinajstić information content (AvgIpc) is 3.24. The smallest absolute Gasteiger partial charge is 0.244 e. The SMILES string of the molecule is CC(C)n1cc(S(=O)(=O)NCC2CCCO2)c(-c2ccccc2)n1. The summed E-state index contributed by atoms with van der Waals surface area (Å²) in [5, 5.41) is 4.49. The van der Waals surface area contributed by atoms with Crippen LogP contribution in [0.15, 0.2) is 41.4 Å². The predicted molar refractivity (Wildman–Crippen MR) is 92.2 cm³/mol. The Bertz CT molecular complexity index is 779. The van der Waals surface area contributed by atoms with Crippen molar-refractivity contribution in [2.75, 3.05) is 13.2 Å². The van der Waals surface area contributed by atoms with Crippen molar-refractivity contribution in [1.82, 2.24) is 14.5 Å². The summed E-state index contributed by atoms with van der Waals surface area (Å²) >= 11 is 0. The molecule has 2 heterocycles. The number of benzene rings is 1. The fourth-order valence-corrected chi connectivity index (χ4v) is 3.94. The van der Waals surface area contributed by atoms with Crippen LogP contribution in [-0.4, -0.2) is 37.5 Å². The fraction of sp³-hybridized carbons (Fsp3) is 0.471. The van der Waals surface area contributed by atoms with Gasteiger partial charge in [-0.1, -0.05) is 30.3 Å². The highest BCUT2D eigenvalue weighted by Gasteiger charge is 2.26. The Morgan fingerprint density at radius 3 is 2.71 bits per heavy atom. The van der Waals surface area contributed by atoms with E-state index in [0.717, 1.165) is 18.4 Å². The molecule has 24 heavy (non-hydrogen) atoms. The molecule has 6 nitrogen and oxygen atoms in total. The van der Waals surface area contributed by atoms with Crippen molar-refractivity contribution in [2.24, 2.45) is 0 Å². The zero-order valence-electron chi connectivity index (χ0n) is 14.0. The van der Waals surface area contributed by atoms with Gasteiger partial charge in [0.05, 0.1) is 6.10 Å². The van der Waals surface area contributed by atoms with Crippen LogP contribution >= 0.6 is 0 Å². The van der Waals surface area contributed by atoms with Gasteiger partial charge in [0.1, 0.15) is 10.6 Å². The molecule has 0 radical (unpaired) electrons. The van der Waals surface area contributed by atoms with Crippen LogP contribution in [0.25, 0.3) is 11.3 Å². The molecule has 1 N–H and O–H groups in total. The van der Waals surface area contributed by atoms with Gasteiger partial charge in [-0.2, -0.15) is 5.10 Å². The molecule has 1 saturated heterocycles. The standard InChI is InChI=1S/C17H23N3O3S/c1-13(2)20-12-16(17(19-20)14-7-4-3-5-8-14)24(21,22)18-11-15-9-6-10-23-15/h3-5,7-8,12-13,15,18H,6,9-11H2,1-2H3. The number of ether oxygens (including phenoxy) is 1. The molecule has 130 valence electrons. The van der Waals surface area contributed by atoms with E-state index in [9.17, 15) is 8.42 Å². The van der Waals surface area contributed by atoms with E-state index in [0.29, 0.717) is 18.8 Å². The lowest BCUT2D eigenvalue weighted by molar-refractivity contribution is 0.114. The molecule has 2 aromatic rings. The molecule has 1 aromatic carbocycles. The van der Waals surface area contributed by atoms with Crippen LogP contribution in [0.3, 0.4) is 0 Å². The first-order valence-electron chi connectivity index (χ1n) is 8.23. The van der Waals surface area contributed by atoms with Crippen LogP contribution in [0.5, 0.6) is 0 Å². The monoisotopic (exact) mass is 349 g/mol. The summed E-state index contributed by atoms with van der Waals surface area (Å²) in [4.78, 5) is 0.209. The summed E-state index contributed by atoms with van der Waals surface area (Å²) in [5.41, 5.74) is 1.26. The Labute approximate surface area is 142 Å². The number of nitrogens with zero attached hydrogens (tertiary/aromatic N) is 2. The topological polar surface area (TPSA) is 73.2 Å². The quantitative estimate of drug-likeness (QED) is 0.870. The Hall–Kier alpha value is -1.70. The number of nitrogens with one attached hydrogen (secondary N) is 1. The molecule has 1 aliphatic heterocycles. The van der Waals surface area contributed by atoms with Crippen LogP contribution in [-0.2, 0) is 14.8 Å². The van der Waals surface area contributed by atoms with Gasteiger partial charge in [0.2, 0.25) is 10.0 Å². The minimum absolute atomic E-state index is 0.0416. The Balaban J connectivity index is 1.92. The van der Waals surface area contributed by atoms with Crippen molar-refractivity contribution in [1.29, 1.82) is 0 Å². The number of hydrogen-bond donors (Lipinski definition) is 1. The van der Waals surface area contributed by atoms with Gasteiger partial charge in [-0.05, 0) is 26.7 Å². The first-order valence-corrected chi connectivity index (χ1v) is 9.71. The fourth-order valence-electron chi connectivity index (χ4n) is 2.72. The van der Waals surface area contributed by atoms with Crippen LogP contribution in [0.1, 0.15) is 32.7 Å². The molecule has 0 aliphatic carbocycles. The summed E-state index contributed by atoms with van der Waals surface area (Å²) < 4.78 is 35.4. The van der Waals surface area contributed by atoms with E-state index in [1.54, 1.807) is 10.9 Å². The van der Waals surface area contributed by atoms with Crippen molar-refractivity contribution in [3.63, 3.8) is 0 Å². The third kappa shape index (κ3) is 3.68. The summed E-state index contributed by atoms with van der Waals surface area (Å²) in [5.74, 6) is 0. The summed E-state index contributed by atoms with van der Waals surface area (Å²) in [6, 6.07) is 9.46. The van der Waals surface area contributed by atoms with E-state index in [1.165, 1.54) is 0 Å². The highest BCUT2D eigenvalue weighted by atomic mass is 32.2. The van der Waals surface area contributed by atoms with E-state index in [2.05, 4.69) is 9.82 Å². The second-order valence-electron chi connectivity index (χ2n) is 6.27. The maximum Gasteiger partial charge on any atom is 0.244 e. The molecule has 0 amide bonds. The Morgan fingerprint density at radius 2 is 2.08 bits per heavy atom. The van der Waals surface area contributed by atoms with Crippen LogP contribution in [0.2, 0.25) is 0 Å². The molecule has 1 aliphatic rings. The molecule has 0 saturated carbocycles. The molecule has 1 aromatic heterocycles.